The molecule has 4 rings (SSSR count). The molecule has 2 nitrogen and oxygen atoms in total. The maximum Gasteiger partial charge on any atom is 0.0402 e. The molecule has 2 aromatic carbocycles. The first-order valence-corrected chi connectivity index (χ1v) is 8.03. The first-order valence-electron chi connectivity index (χ1n) is 8.03. The van der Waals surface area contributed by atoms with Gasteiger partial charge in [-0.15, -0.1) is 0 Å². The highest BCUT2D eigenvalue weighted by Crippen LogP contribution is 2.34. The number of nitrogens with one attached hydrogen (secondary N) is 1. The topological polar surface area (TPSA) is 15.3 Å². The summed E-state index contributed by atoms with van der Waals surface area (Å²) in [7, 11) is 0. The fraction of sp³-hybridized carbons (Fsp3) is 0.368. The van der Waals surface area contributed by atoms with Crippen molar-refractivity contribution in [3.05, 3.63) is 65.2 Å². The van der Waals surface area contributed by atoms with Crippen LogP contribution in [-0.2, 0) is 12.8 Å². The average molecular weight is 278 g/mol. The summed E-state index contributed by atoms with van der Waals surface area (Å²) in [4.78, 5) is 2.61. The molecule has 0 radical (unpaired) electrons. The van der Waals surface area contributed by atoms with Crippen molar-refractivity contribution >= 4 is 5.69 Å². The van der Waals surface area contributed by atoms with Crippen LogP contribution in [0.4, 0.5) is 5.69 Å². The minimum Gasteiger partial charge on any atom is -0.367 e. The van der Waals surface area contributed by atoms with Crippen molar-refractivity contribution in [2.24, 2.45) is 0 Å². The van der Waals surface area contributed by atoms with E-state index >= 15 is 0 Å². The number of benzene rings is 2. The molecule has 1 unspecified atom stereocenters. The molecule has 0 aliphatic carbocycles. The summed E-state index contributed by atoms with van der Waals surface area (Å²) in [6.07, 6.45) is 3.53. The Bertz CT molecular complexity index is 621. The van der Waals surface area contributed by atoms with Gasteiger partial charge in [-0.25, -0.2) is 0 Å². The molecule has 1 saturated heterocycles. The van der Waals surface area contributed by atoms with Crippen molar-refractivity contribution in [1.82, 2.24) is 5.32 Å². The smallest absolute Gasteiger partial charge is 0.0402 e. The van der Waals surface area contributed by atoms with E-state index in [1.807, 2.05) is 0 Å². The van der Waals surface area contributed by atoms with Crippen LogP contribution in [0.1, 0.15) is 23.1 Å². The maximum atomic E-state index is 3.51. The molecule has 1 atom stereocenters. The third-order valence-corrected chi connectivity index (χ3v) is 4.78. The number of hydrogen-bond donors (Lipinski definition) is 1. The molecule has 2 aromatic rings. The normalized spacial score (nSPS) is 20.8. The van der Waals surface area contributed by atoms with E-state index in [1.54, 1.807) is 5.56 Å². The molecule has 2 heteroatoms. The molecule has 0 amide bonds. The van der Waals surface area contributed by atoms with Crippen LogP contribution in [0, 0.1) is 0 Å². The fourth-order valence-electron chi connectivity index (χ4n) is 3.74. The van der Waals surface area contributed by atoms with Gasteiger partial charge in [-0.1, -0.05) is 42.5 Å². The lowest BCUT2D eigenvalue weighted by molar-refractivity contribution is 0.612. The van der Waals surface area contributed by atoms with Gasteiger partial charge in [0.1, 0.15) is 0 Å². The van der Waals surface area contributed by atoms with Gasteiger partial charge < -0.3 is 10.2 Å². The molecule has 1 fully saturated rings. The zero-order valence-electron chi connectivity index (χ0n) is 12.4. The first-order chi connectivity index (χ1) is 10.4. The Labute approximate surface area is 126 Å². The van der Waals surface area contributed by atoms with Crippen LogP contribution in [-0.4, -0.2) is 25.7 Å². The van der Waals surface area contributed by atoms with Gasteiger partial charge in [0, 0.05) is 24.8 Å². The van der Waals surface area contributed by atoms with E-state index in [-0.39, 0.29) is 0 Å². The summed E-state index contributed by atoms with van der Waals surface area (Å²) in [5.41, 5.74) is 5.86. The number of hydrogen-bond acceptors (Lipinski definition) is 2. The lowest BCUT2D eigenvalue weighted by atomic mass is 10.0. The second-order valence-electron chi connectivity index (χ2n) is 6.22. The summed E-state index contributed by atoms with van der Waals surface area (Å²) >= 11 is 0. The summed E-state index contributed by atoms with van der Waals surface area (Å²) in [6, 6.07) is 18.6. The standard InChI is InChI=1S/C19H22N2/c1-2-4-15(5-3-1)12-16-6-7-19-17(13-16)14-18-8-9-20-10-11-21(18)19/h1-7,13,18,20H,8-12,14H2. The number of nitrogens with zero attached hydrogens (tertiary/aromatic N) is 1. The van der Waals surface area contributed by atoms with Gasteiger partial charge in [-0.05, 0) is 48.6 Å². The van der Waals surface area contributed by atoms with Gasteiger partial charge in [0.25, 0.3) is 0 Å². The van der Waals surface area contributed by atoms with E-state index in [0.29, 0.717) is 6.04 Å². The summed E-state index contributed by atoms with van der Waals surface area (Å²) < 4.78 is 0. The SMILES string of the molecule is c1ccc(Cc2ccc3c(c2)CC2CCNCCN32)cc1. The lowest BCUT2D eigenvalue weighted by Gasteiger charge is -2.24. The third-order valence-electron chi connectivity index (χ3n) is 4.78. The van der Waals surface area contributed by atoms with Crippen LogP contribution in [0.2, 0.25) is 0 Å². The summed E-state index contributed by atoms with van der Waals surface area (Å²) in [5.74, 6) is 0. The van der Waals surface area contributed by atoms with E-state index in [4.69, 9.17) is 0 Å². The van der Waals surface area contributed by atoms with Gasteiger partial charge in [0.15, 0.2) is 0 Å². The first kappa shape index (κ1) is 12.9. The van der Waals surface area contributed by atoms with Crippen molar-refractivity contribution < 1.29 is 0 Å². The van der Waals surface area contributed by atoms with Gasteiger partial charge in [-0.2, -0.15) is 0 Å². The Morgan fingerprint density at radius 1 is 1.00 bits per heavy atom. The summed E-state index contributed by atoms with van der Waals surface area (Å²) in [6.45, 7) is 3.42. The lowest BCUT2D eigenvalue weighted by Crippen LogP contribution is -2.32. The van der Waals surface area contributed by atoms with Crippen molar-refractivity contribution in [1.29, 1.82) is 0 Å². The minimum absolute atomic E-state index is 0.710. The molecule has 2 aliphatic heterocycles. The van der Waals surface area contributed by atoms with Crippen LogP contribution in [0.15, 0.2) is 48.5 Å². The summed E-state index contributed by atoms with van der Waals surface area (Å²) in [5, 5.41) is 3.51. The second kappa shape index (κ2) is 5.53. The molecule has 0 aromatic heterocycles. The van der Waals surface area contributed by atoms with E-state index in [1.165, 1.54) is 29.7 Å². The number of rotatable bonds is 2. The molecule has 0 bridgehead atoms. The molecule has 21 heavy (non-hydrogen) atoms. The number of anilines is 1. The Morgan fingerprint density at radius 2 is 1.90 bits per heavy atom. The Kier molecular flexibility index (Phi) is 3.40. The van der Waals surface area contributed by atoms with E-state index in [2.05, 4.69) is 58.7 Å². The Balaban J connectivity index is 1.58. The van der Waals surface area contributed by atoms with E-state index in [9.17, 15) is 0 Å². The molecule has 108 valence electrons. The molecule has 2 heterocycles. The van der Waals surface area contributed by atoms with Gasteiger partial charge >= 0.3 is 0 Å². The Morgan fingerprint density at radius 3 is 2.81 bits per heavy atom. The second-order valence-corrected chi connectivity index (χ2v) is 6.22. The largest absolute Gasteiger partial charge is 0.367 e. The highest BCUT2D eigenvalue weighted by Gasteiger charge is 2.29. The molecular formula is C19H22N2. The zero-order chi connectivity index (χ0) is 14.1. The van der Waals surface area contributed by atoms with Gasteiger partial charge in [0.05, 0.1) is 0 Å². The van der Waals surface area contributed by atoms with Crippen molar-refractivity contribution in [2.45, 2.75) is 25.3 Å². The van der Waals surface area contributed by atoms with E-state index < -0.39 is 0 Å². The van der Waals surface area contributed by atoms with Crippen molar-refractivity contribution in [3.63, 3.8) is 0 Å². The fourth-order valence-corrected chi connectivity index (χ4v) is 3.74. The molecule has 1 N–H and O–H groups in total. The third kappa shape index (κ3) is 2.56. The minimum atomic E-state index is 0.710. The average Bonchev–Trinajstić information content (AvgIpc) is 2.69. The Hall–Kier alpha value is -1.80. The van der Waals surface area contributed by atoms with Crippen molar-refractivity contribution in [3.8, 4) is 0 Å². The van der Waals surface area contributed by atoms with Crippen LogP contribution >= 0.6 is 0 Å². The van der Waals surface area contributed by atoms with Gasteiger partial charge in [0.2, 0.25) is 0 Å². The molecule has 2 aliphatic rings. The monoisotopic (exact) mass is 278 g/mol. The van der Waals surface area contributed by atoms with Crippen LogP contribution in [0.3, 0.4) is 0 Å². The highest BCUT2D eigenvalue weighted by molar-refractivity contribution is 5.61. The molecular weight excluding hydrogens is 256 g/mol. The highest BCUT2D eigenvalue weighted by atomic mass is 15.2. The quantitative estimate of drug-likeness (QED) is 0.908. The predicted octanol–water partition coefficient (Wildman–Crippen LogP) is 3.00. The molecule has 0 saturated carbocycles. The zero-order valence-corrected chi connectivity index (χ0v) is 12.4. The predicted molar refractivity (Wildman–Crippen MR) is 88.0 cm³/mol. The number of fused-ring (bicyclic) bond motifs is 3. The van der Waals surface area contributed by atoms with Crippen molar-refractivity contribution in [2.75, 3.05) is 24.5 Å². The van der Waals surface area contributed by atoms with Crippen LogP contribution in [0.5, 0.6) is 0 Å². The van der Waals surface area contributed by atoms with Crippen LogP contribution in [0.25, 0.3) is 0 Å². The van der Waals surface area contributed by atoms with Gasteiger partial charge in [-0.3, -0.25) is 0 Å². The molecule has 0 spiro atoms. The maximum absolute atomic E-state index is 3.51. The van der Waals surface area contributed by atoms with E-state index in [0.717, 1.165) is 26.1 Å². The van der Waals surface area contributed by atoms with Crippen LogP contribution < -0.4 is 10.2 Å².